The summed E-state index contributed by atoms with van der Waals surface area (Å²) in [6.45, 7) is 5.80. The summed E-state index contributed by atoms with van der Waals surface area (Å²) in [6.07, 6.45) is 36.9. The molecule has 0 fully saturated rings. The molecule has 330 valence electrons. The third-order valence-electron chi connectivity index (χ3n) is 11.1. The fraction of sp³-hybridized carbons (Fsp3) is 0.577. The zero-order valence-corrected chi connectivity index (χ0v) is 37.1. The van der Waals surface area contributed by atoms with Crippen LogP contribution >= 0.6 is 0 Å². The zero-order valence-electron chi connectivity index (χ0n) is 37.1. The Kier molecular flexibility index (Phi) is 26.9. The van der Waals surface area contributed by atoms with Crippen molar-refractivity contribution in [1.82, 2.24) is 0 Å². The number of benzene rings is 3. The number of esters is 1. The number of allylic oxidation sites excluding steroid dienone is 1. The molecule has 0 aliphatic rings. The molecule has 0 saturated carbocycles. The van der Waals surface area contributed by atoms with Crippen molar-refractivity contribution in [3.8, 4) is 17.2 Å². The van der Waals surface area contributed by atoms with Gasteiger partial charge in [-0.25, -0.2) is 4.79 Å². The molecule has 0 spiro atoms. The predicted octanol–water partition coefficient (Wildman–Crippen LogP) is 15.7. The number of ketones is 1. The van der Waals surface area contributed by atoms with E-state index < -0.39 is 22.4 Å². The van der Waals surface area contributed by atoms with E-state index in [9.17, 15) is 19.7 Å². The van der Waals surface area contributed by atoms with Crippen molar-refractivity contribution in [3.63, 3.8) is 0 Å². The van der Waals surface area contributed by atoms with Crippen LogP contribution in [0.2, 0.25) is 0 Å². The molecule has 0 bridgehead atoms. The van der Waals surface area contributed by atoms with Crippen LogP contribution in [0.15, 0.2) is 72.8 Å². The molecule has 3 aromatic rings. The number of rotatable bonds is 36. The lowest BCUT2D eigenvalue weighted by atomic mass is 10.0. The lowest BCUT2D eigenvalue weighted by Crippen LogP contribution is -2.10. The van der Waals surface area contributed by atoms with Gasteiger partial charge in [0.1, 0.15) is 11.5 Å². The number of nitrogens with zero attached hydrogens (tertiary/aromatic N) is 1. The number of ether oxygens (including phenoxy) is 3. The van der Waals surface area contributed by atoms with E-state index in [2.05, 4.69) is 13.8 Å². The maximum atomic E-state index is 13.0. The largest absolute Gasteiger partial charge is 0.494 e. The highest BCUT2D eigenvalue weighted by atomic mass is 16.6. The van der Waals surface area contributed by atoms with Crippen LogP contribution in [-0.2, 0) is 0 Å². The fourth-order valence-corrected chi connectivity index (χ4v) is 7.31. The van der Waals surface area contributed by atoms with E-state index in [1.165, 1.54) is 166 Å². The monoisotopic (exact) mass is 826 g/mol. The van der Waals surface area contributed by atoms with Gasteiger partial charge in [0.2, 0.25) is 5.75 Å². The van der Waals surface area contributed by atoms with E-state index in [4.69, 9.17) is 14.2 Å². The highest BCUT2D eigenvalue weighted by Gasteiger charge is 2.21. The van der Waals surface area contributed by atoms with E-state index in [1.807, 2.05) is 24.3 Å². The van der Waals surface area contributed by atoms with E-state index in [1.54, 1.807) is 30.3 Å². The summed E-state index contributed by atoms with van der Waals surface area (Å²) in [5, 5.41) is 11.9. The van der Waals surface area contributed by atoms with Crippen LogP contribution in [0.1, 0.15) is 207 Å². The first-order chi connectivity index (χ1) is 29.4. The predicted molar refractivity (Wildman–Crippen MR) is 247 cm³/mol. The SMILES string of the molecule is CCCCCCCCCCCCCCCCCCOc1ccc(C(=O)Oc2ccc(C(=O)/C=C/c3ccc(OCCCCCCCCCCCC)cc3)cc2[N+](=O)[O-])cc1. The molecule has 8 nitrogen and oxygen atoms in total. The maximum absolute atomic E-state index is 13.0. The van der Waals surface area contributed by atoms with Crippen LogP contribution < -0.4 is 14.2 Å². The molecule has 3 aromatic carbocycles. The first-order valence-electron chi connectivity index (χ1n) is 23.6. The summed E-state index contributed by atoms with van der Waals surface area (Å²) >= 11 is 0. The number of carbonyl (C=O) groups excluding carboxylic acids is 2. The Morgan fingerprint density at radius 3 is 1.32 bits per heavy atom. The number of unbranched alkanes of at least 4 members (excludes halogenated alkanes) is 24. The Bertz CT molecular complexity index is 1630. The average Bonchev–Trinajstić information content (AvgIpc) is 3.26. The molecular formula is C52H75NO7. The topological polar surface area (TPSA) is 105 Å². The molecular weight excluding hydrogens is 751 g/mol. The van der Waals surface area contributed by atoms with Crippen molar-refractivity contribution in [2.75, 3.05) is 13.2 Å². The van der Waals surface area contributed by atoms with Crippen molar-refractivity contribution in [2.24, 2.45) is 0 Å². The summed E-state index contributed by atoms with van der Waals surface area (Å²) in [5.74, 6) is 0.0472. The van der Waals surface area contributed by atoms with E-state index in [0.717, 1.165) is 36.6 Å². The van der Waals surface area contributed by atoms with Crippen LogP contribution in [0, 0.1) is 10.1 Å². The third-order valence-corrected chi connectivity index (χ3v) is 11.1. The summed E-state index contributed by atoms with van der Waals surface area (Å²) in [5.41, 5.74) is 0.675. The lowest BCUT2D eigenvalue weighted by Gasteiger charge is -2.08. The molecule has 0 aromatic heterocycles. The average molecular weight is 826 g/mol. The number of nitro groups is 1. The van der Waals surface area contributed by atoms with Gasteiger partial charge in [-0.1, -0.05) is 186 Å². The zero-order chi connectivity index (χ0) is 42.9. The van der Waals surface area contributed by atoms with Gasteiger partial charge in [-0.05, 0) is 73.0 Å². The van der Waals surface area contributed by atoms with Crippen molar-refractivity contribution in [1.29, 1.82) is 0 Å². The first-order valence-corrected chi connectivity index (χ1v) is 23.6. The fourth-order valence-electron chi connectivity index (χ4n) is 7.31. The van der Waals surface area contributed by atoms with Gasteiger partial charge in [0.05, 0.1) is 23.7 Å². The molecule has 60 heavy (non-hydrogen) atoms. The van der Waals surface area contributed by atoms with Gasteiger partial charge >= 0.3 is 11.7 Å². The summed E-state index contributed by atoms with van der Waals surface area (Å²) in [6, 6.07) is 17.9. The van der Waals surface area contributed by atoms with Crippen LogP contribution in [0.5, 0.6) is 17.2 Å². The van der Waals surface area contributed by atoms with Crippen molar-refractivity contribution in [3.05, 3.63) is 99.6 Å². The molecule has 0 amide bonds. The molecule has 3 rings (SSSR count). The second-order valence-corrected chi connectivity index (χ2v) is 16.3. The summed E-state index contributed by atoms with van der Waals surface area (Å²) in [7, 11) is 0. The van der Waals surface area contributed by atoms with Gasteiger partial charge < -0.3 is 14.2 Å². The molecule has 0 heterocycles. The van der Waals surface area contributed by atoms with Crippen LogP contribution in [0.4, 0.5) is 5.69 Å². The van der Waals surface area contributed by atoms with Gasteiger partial charge in [0.15, 0.2) is 5.78 Å². The Morgan fingerprint density at radius 1 is 0.517 bits per heavy atom. The van der Waals surface area contributed by atoms with Gasteiger partial charge in [0.25, 0.3) is 0 Å². The standard InChI is InChI=1S/C52H75NO7/c1-3-5-7-9-11-13-15-16-17-18-19-20-22-24-26-28-42-59-48-37-32-45(33-38-48)52(55)60-51-40-34-46(43-49(51)53(56)57)50(54)39-31-44-29-35-47(36-30-44)58-41-27-25-23-21-14-12-10-8-6-4-2/h29-40,43H,3-28,41-42H2,1-2H3/b39-31+. The van der Waals surface area contributed by atoms with E-state index >= 15 is 0 Å². The molecule has 0 unspecified atom stereocenters. The van der Waals surface area contributed by atoms with Gasteiger partial charge in [-0.3, -0.25) is 14.9 Å². The van der Waals surface area contributed by atoms with Crippen LogP contribution in [-0.4, -0.2) is 29.9 Å². The number of hydrogen-bond acceptors (Lipinski definition) is 7. The van der Waals surface area contributed by atoms with Crippen molar-refractivity contribution in [2.45, 2.75) is 181 Å². The Hall–Kier alpha value is -4.46. The van der Waals surface area contributed by atoms with E-state index in [0.29, 0.717) is 19.0 Å². The van der Waals surface area contributed by atoms with Gasteiger partial charge in [0, 0.05) is 11.6 Å². The second-order valence-electron chi connectivity index (χ2n) is 16.3. The van der Waals surface area contributed by atoms with E-state index in [-0.39, 0.29) is 16.9 Å². The second kappa shape index (κ2) is 32.3. The maximum Gasteiger partial charge on any atom is 0.343 e. The molecule has 8 heteroatoms. The quantitative estimate of drug-likeness (QED) is 0.0109. The number of nitro benzene ring substituents is 1. The normalized spacial score (nSPS) is 11.2. The Morgan fingerprint density at radius 2 is 0.900 bits per heavy atom. The third kappa shape index (κ3) is 22.2. The minimum atomic E-state index is -0.739. The molecule has 0 radical (unpaired) electrons. The smallest absolute Gasteiger partial charge is 0.343 e. The molecule has 0 saturated heterocycles. The molecule has 0 aliphatic carbocycles. The van der Waals surface area contributed by atoms with Gasteiger partial charge in [-0.15, -0.1) is 0 Å². The minimum absolute atomic E-state index is 0.111. The number of hydrogen-bond donors (Lipinski definition) is 0. The summed E-state index contributed by atoms with van der Waals surface area (Å²) < 4.78 is 17.2. The highest BCUT2D eigenvalue weighted by molar-refractivity contribution is 6.07. The lowest BCUT2D eigenvalue weighted by molar-refractivity contribution is -0.385. The van der Waals surface area contributed by atoms with Gasteiger partial charge in [-0.2, -0.15) is 0 Å². The first kappa shape index (κ1) is 49.9. The van der Waals surface area contributed by atoms with Crippen molar-refractivity contribution < 1.29 is 28.7 Å². The van der Waals surface area contributed by atoms with Crippen molar-refractivity contribution >= 4 is 23.5 Å². The highest BCUT2D eigenvalue weighted by Crippen LogP contribution is 2.30. The van der Waals surface area contributed by atoms with Crippen LogP contribution in [0.3, 0.4) is 0 Å². The molecule has 0 N–H and O–H groups in total. The molecule has 0 atom stereocenters. The minimum Gasteiger partial charge on any atom is -0.494 e. The summed E-state index contributed by atoms with van der Waals surface area (Å²) in [4.78, 5) is 37.1. The number of carbonyl (C=O) groups is 2. The Balaban J connectivity index is 1.31. The van der Waals surface area contributed by atoms with Crippen LogP contribution in [0.25, 0.3) is 6.08 Å². The Labute approximate surface area is 362 Å². The molecule has 0 aliphatic heterocycles.